The molecule has 1 heterocycles. The van der Waals surface area contributed by atoms with E-state index in [4.69, 9.17) is 0 Å². The molecule has 0 bridgehead atoms. The number of nitro benzene ring substituents is 1. The van der Waals surface area contributed by atoms with E-state index in [1.807, 2.05) is 11.0 Å². The van der Waals surface area contributed by atoms with E-state index in [0.717, 1.165) is 30.5 Å². The summed E-state index contributed by atoms with van der Waals surface area (Å²) in [6, 6.07) is 8.54. The molecule has 2 aromatic rings. The number of benzene rings is 2. The molecule has 1 saturated heterocycles. The molecule has 0 unspecified atom stereocenters. The van der Waals surface area contributed by atoms with Crippen molar-refractivity contribution in [3.05, 3.63) is 74.8 Å². The molecular formula is C22H21F2N3O3. The maximum Gasteiger partial charge on any atom is 0.293 e. The third kappa shape index (κ3) is 4.48. The van der Waals surface area contributed by atoms with E-state index in [9.17, 15) is 23.7 Å². The lowest BCUT2D eigenvalue weighted by Crippen LogP contribution is -2.31. The summed E-state index contributed by atoms with van der Waals surface area (Å²) in [5.41, 5.74) is 2.34. The van der Waals surface area contributed by atoms with Gasteiger partial charge in [-0.2, -0.15) is 0 Å². The van der Waals surface area contributed by atoms with E-state index in [1.165, 1.54) is 12.1 Å². The standard InChI is InChI=1S/C22H21F2N3O3/c23-18-5-1-15(12-19(18)24)11-14-7-9-26(10-8-14)20-6-2-16(13-21(20)27(29)30)22(28)25-17-3-4-17/h1-2,5-6,11-13,17H,3-4,7-10H2,(H,25,28). The molecule has 2 aromatic carbocycles. The van der Waals surface area contributed by atoms with Crippen LogP contribution in [-0.2, 0) is 0 Å². The number of anilines is 1. The quantitative estimate of drug-likeness (QED) is 0.581. The van der Waals surface area contributed by atoms with Gasteiger partial charge in [-0.1, -0.05) is 17.7 Å². The molecule has 0 spiro atoms. The van der Waals surface area contributed by atoms with E-state index in [0.29, 0.717) is 37.2 Å². The Morgan fingerprint density at radius 2 is 1.83 bits per heavy atom. The van der Waals surface area contributed by atoms with Gasteiger partial charge in [0.25, 0.3) is 11.6 Å². The minimum Gasteiger partial charge on any atom is -0.365 e. The summed E-state index contributed by atoms with van der Waals surface area (Å²) in [5, 5.41) is 14.4. The van der Waals surface area contributed by atoms with Crippen LogP contribution in [0.15, 0.2) is 42.0 Å². The van der Waals surface area contributed by atoms with E-state index >= 15 is 0 Å². The fraction of sp³-hybridized carbons (Fsp3) is 0.318. The summed E-state index contributed by atoms with van der Waals surface area (Å²) in [4.78, 5) is 25.3. The predicted octanol–water partition coefficient (Wildman–Crippen LogP) is 4.45. The highest BCUT2D eigenvalue weighted by molar-refractivity contribution is 5.96. The van der Waals surface area contributed by atoms with Gasteiger partial charge in [0.2, 0.25) is 0 Å². The lowest BCUT2D eigenvalue weighted by atomic mass is 10.00. The van der Waals surface area contributed by atoms with E-state index in [1.54, 1.807) is 12.1 Å². The molecule has 30 heavy (non-hydrogen) atoms. The van der Waals surface area contributed by atoms with Gasteiger partial charge in [-0.05, 0) is 55.5 Å². The number of nitrogens with one attached hydrogen (secondary N) is 1. The van der Waals surface area contributed by atoms with Crippen LogP contribution in [0, 0.1) is 21.7 Å². The molecule has 1 aliphatic carbocycles. The Morgan fingerprint density at radius 3 is 2.47 bits per heavy atom. The van der Waals surface area contributed by atoms with Gasteiger partial charge < -0.3 is 10.2 Å². The van der Waals surface area contributed by atoms with Gasteiger partial charge in [-0.3, -0.25) is 14.9 Å². The molecule has 0 aromatic heterocycles. The topological polar surface area (TPSA) is 75.5 Å². The van der Waals surface area contributed by atoms with Crippen molar-refractivity contribution in [3.8, 4) is 0 Å². The summed E-state index contributed by atoms with van der Waals surface area (Å²) in [6.07, 6.45) is 5.03. The molecular weight excluding hydrogens is 392 g/mol. The minimum absolute atomic E-state index is 0.0912. The first-order chi connectivity index (χ1) is 14.4. The highest BCUT2D eigenvalue weighted by atomic mass is 19.2. The van der Waals surface area contributed by atoms with E-state index < -0.39 is 16.6 Å². The third-order valence-corrected chi connectivity index (χ3v) is 5.41. The zero-order valence-electron chi connectivity index (χ0n) is 16.2. The molecule has 1 aliphatic heterocycles. The molecule has 8 heteroatoms. The van der Waals surface area contributed by atoms with Crippen molar-refractivity contribution in [2.24, 2.45) is 0 Å². The number of carbonyl (C=O) groups is 1. The van der Waals surface area contributed by atoms with Gasteiger partial charge in [0, 0.05) is 30.8 Å². The fourth-order valence-electron chi connectivity index (χ4n) is 3.59. The second kappa shape index (κ2) is 8.22. The molecule has 1 saturated carbocycles. The number of piperidine rings is 1. The second-order valence-corrected chi connectivity index (χ2v) is 7.67. The number of amides is 1. The van der Waals surface area contributed by atoms with Crippen LogP contribution < -0.4 is 10.2 Å². The van der Waals surface area contributed by atoms with Gasteiger partial charge in [-0.25, -0.2) is 8.78 Å². The molecule has 1 N–H and O–H groups in total. The van der Waals surface area contributed by atoms with Gasteiger partial charge in [0.05, 0.1) is 4.92 Å². The van der Waals surface area contributed by atoms with Crippen molar-refractivity contribution in [2.75, 3.05) is 18.0 Å². The van der Waals surface area contributed by atoms with Crippen LogP contribution in [0.5, 0.6) is 0 Å². The number of hydrogen-bond acceptors (Lipinski definition) is 4. The predicted molar refractivity (Wildman–Crippen MR) is 109 cm³/mol. The van der Waals surface area contributed by atoms with Gasteiger partial charge >= 0.3 is 0 Å². The number of rotatable bonds is 5. The molecule has 1 amide bonds. The Morgan fingerprint density at radius 1 is 1.10 bits per heavy atom. The number of carbonyl (C=O) groups excluding carboxylic acids is 1. The van der Waals surface area contributed by atoms with Crippen molar-refractivity contribution in [3.63, 3.8) is 0 Å². The summed E-state index contributed by atoms with van der Waals surface area (Å²) >= 11 is 0. The van der Waals surface area contributed by atoms with E-state index in [2.05, 4.69) is 5.32 Å². The summed E-state index contributed by atoms with van der Waals surface area (Å²) in [6.45, 7) is 1.12. The van der Waals surface area contributed by atoms with Crippen LogP contribution in [0.3, 0.4) is 0 Å². The Bertz CT molecular complexity index is 1020. The zero-order chi connectivity index (χ0) is 21.3. The van der Waals surface area contributed by atoms with Crippen LogP contribution in [0.4, 0.5) is 20.2 Å². The number of halogens is 2. The maximum absolute atomic E-state index is 13.4. The third-order valence-electron chi connectivity index (χ3n) is 5.41. The first-order valence-electron chi connectivity index (χ1n) is 9.89. The van der Waals surface area contributed by atoms with Crippen molar-refractivity contribution in [1.82, 2.24) is 5.32 Å². The van der Waals surface area contributed by atoms with Crippen LogP contribution in [0.1, 0.15) is 41.6 Å². The molecule has 156 valence electrons. The number of hydrogen-bond donors (Lipinski definition) is 1. The highest BCUT2D eigenvalue weighted by Crippen LogP contribution is 2.33. The minimum atomic E-state index is -0.886. The average Bonchev–Trinajstić information content (AvgIpc) is 3.55. The summed E-state index contributed by atoms with van der Waals surface area (Å²) in [5.74, 6) is -2.06. The average molecular weight is 413 g/mol. The van der Waals surface area contributed by atoms with Crippen LogP contribution in [-0.4, -0.2) is 30.0 Å². The van der Waals surface area contributed by atoms with Crippen LogP contribution in [0.2, 0.25) is 0 Å². The number of nitrogens with zero attached hydrogens (tertiary/aromatic N) is 2. The molecule has 6 nitrogen and oxygen atoms in total. The van der Waals surface area contributed by atoms with Crippen molar-refractivity contribution < 1.29 is 18.5 Å². The Balaban J connectivity index is 1.48. The van der Waals surface area contributed by atoms with Gasteiger partial charge in [0.15, 0.2) is 11.6 Å². The zero-order valence-corrected chi connectivity index (χ0v) is 16.2. The molecule has 0 atom stereocenters. The van der Waals surface area contributed by atoms with Crippen molar-refractivity contribution >= 4 is 23.4 Å². The largest absolute Gasteiger partial charge is 0.365 e. The molecule has 2 fully saturated rings. The maximum atomic E-state index is 13.4. The van der Waals surface area contributed by atoms with E-state index in [-0.39, 0.29) is 23.2 Å². The first-order valence-corrected chi connectivity index (χ1v) is 9.89. The second-order valence-electron chi connectivity index (χ2n) is 7.67. The summed E-state index contributed by atoms with van der Waals surface area (Å²) < 4.78 is 26.5. The normalized spacial score (nSPS) is 16.3. The summed E-state index contributed by atoms with van der Waals surface area (Å²) in [7, 11) is 0. The fourth-order valence-corrected chi connectivity index (χ4v) is 3.59. The smallest absolute Gasteiger partial charge is 0.293 e. The Hall–Kier alpha value is -3.29. The number of nitro groups is 1. The van der Waals surface area contributed by atoms with Crippen molar-refractivity contribution in [2.45, 2.75) is 31.7 Å². The lowest BCUT2D eigenvalue weighted by Gasteiger charge is -2.30. The first kappa shape index (κ1) is 20.0. The Kier molecular flexibility index (Phi) is 5.48. The lowest BCUT2D eigenvalue weighted by molar-refractivity contribution is -0.384. The highest BCUT2D eigenvalue weighted by Gasteiger charge is 2.27. The SMILES string of the molecule is O=C(NC1CC1)c1ccc(N2CCC(=Cc3ccc(F)c(F)c3)CC2)c([N+](=O)[O-])c1. The van der Waals surface area contributed by atoms with Gasteiger partial charge in [0.1, 0.15) is 5.69 Å². The molecule has 0 radical (unpaired) electrons. The van der Waals surface area contributed by atoms with Gasteiger partial charge in [-0.15, -0.1) is 0 Å². The Labute approximate surface area is 172 Å². The monoisotopic (exact) mass is 413 g/mol. The molecule has 4 rings (SSSR count). The van der Waals surface area contributed by atoms with Crippen LogP contribution in [0.25, 0.3) is 6.08 Å². The van der Waals surface area contributed by atoms with Crippen molar-refractivity contribution in [1.29, 1.82) is 0 Å². The van der Waals surface area contributed by atoms with Crippen LogP contribution >= 0.6 is 0 Å². The molecule has 2 aliphatic rings.